The van der Waals surface area contributed by atoms with E-state index in [4.69, 9.17) is 0 Å². The standard InChI is InChI=1S/C26H35N3O5S/c1-6-24(26(32)27-16-19(2)3)28(17-21-11-8-7-9-12-21)25(31)18-29(35(5,33)34)23-14-10-13-22(15-23)20(4)30/h7-15,19,24H,6,16-18H2,1-5H3,(H,27,32)/t24-/m0/s1. The lowest BCUT2D eigenvalue weighted by atomic mass is 10.1. The third-order valence-corrected chi connectivity index (χ3v) is 6.63. The highest BCUT2D eigenvalue weighted by Gasteiger charge is 2.31. The Hall–Kier alpha value is -3.20. The van der Waals surface area contributed by atoms with Crippen molar-refractivity contribution in [2.24, 2.45) is 5.92 Å². The molecule has 2 rings (SSSR count). The maximum absolute atomic E-state index is 13.6. The van der Waals surface area contributed by atoms with Crippen LogP contribution in [0.25, 0.3) is 0 Å². The molecule has 2 aromatic carbocycles. The molecule has 0 heterocycles. The van der Waals surface area contributed by atoms with Gasteiger partial charge in [0.25, 0.3) is 0 Å². The lowest BCUT2D eigenvalue weighted by Gasteiger charge is -2.33. The second kappa shape index (κ2) is 12.5. The highest BCUT2D eigenvalue weighted by atomic mass is 32.2. The molecule has 9 heteroatoms. The molecule has 1 atom stereocenters. The van der Waals surface area contributed by atoms with Crippen molar-refractivity contribution in [2.75, 3.05) is 23.7 Å². The molecule has 35 heavy (non-hydrogen) atoms. The molecule has 8 nitrogen and oxygen atoms in total. The molecule has 0 unspecified atom stereocenters. The SMILES string of the molecule is CC[C@@H](C(=O)NCC(C)C)N(Cc1ccccc1)C(=O)CN(c1cccc(C(C)=O)c1)S(C)(=O)=O. The molecular formula is C26H35N3O5S. The van der Waals surface area contributed by atoms with Crippen LogP contribution in [0.15, 0.2) is 54.6 Å². The Morgan fingerprint density at radius 1 is 1.00 bits per heavy atom. The first kappa shape index (κ1) is 28.0. The fourth-order valence-electron chi connectivity index (χ4n) is 3.62. The highest BCUT2D eigenvalue weighted by molar-refractivity contribution is 7.92. The van der Waals surface area contributed by atoms with Gasteiger partial charge in [-0.15, -0.1) is 0 Å². The Kier molecular flexibility index (Phi) is 10.0. The largest absolute Gasteiger partial charge is 0.354 e. The van der Waals surface area contributed by atoms with Gasteiger partial charge in [0, 0.05) is 18.7 Å². The van der Waals surface area contributed by atoms with Crippen LogP contribution in [0.2, 0.25) is 0 Å². The van der Waals surface area contributed by atoms with Crippen molar-refractivity contribution in [1.82, 2.24) is 10.2 Å². The third-order valence-electron chi connectivity index (χ3n) is 5.49. The smallest absolute Gasteiger partial charge is 0.244 e. The second-order valence-electron chi connectivity index (χ2n) is 8.95. The zero-order chi connectivity index (χ0) is 26.2. The molecule has 0 saturated carbocycles. The predicted molar refractivity (Wildman–Crippen MR) is 138 cm³/mol. The molecule has 2 aromatic rings. The van der Waals surface area contributed by atoms with Crippen LogP contribution in [0.1, 0.15) is 50.0 Å². The van der Waals surface area contributed by atoms with E-state index in [0.29, 0.717) is 18.5 Å². The van der Waals surface area contributed by atoms with Gasteiger partial charge in [0.2, 0.25) is 21.8 Å². The van der Waals surface area contributed by atoms with Crippen LogP contribution in [0.3, 0.4) is 0 Å². The van der Waals surface area contributed by atoms with Gasteiger partial charge in [-0.2, -0.15) is 0 Å². The molecule has 0 fully saturated rings. The van der Waals surface area contributed by atoms with Crippen molar-refractivity contribution >= 4 is 33.3 Å². The number of hydrogen-bond acceptors (Lipinski definition) is 5. The van der Waals surface area contributed by atoms with E-state index >= 15 is 0 Å². The lowest BCUT2D eigenvalue weighted by Crippen LogP contribution is -2.52. The van der Waals surface area contributed by atoms with E-state index in [1.54, 1.807) is 12.1 Å². The molecule has 0 bridgehead atoms. The summed E-state index contributed by atoms with van der Waals surface area (Å²) in [5.74, 6) is -0.775. The Morgan fingerprint density at radius 3 is 2.20 bits per heavy atom. The average molecular weight is 502 g/mol. The highest BCUT2D eigenvalue weighted by Crippen LogP contribution is 2.21. The number of ketones is 1. The molecular weight excluding hydrogens is 466 g/mol. The quantitative estimate of drug-likeness (QED) is 0.450. The van der Waals surface area contributed by atoms with Crippen LogP contribution in [0, 0.1) is 5.92 Å². The normalized spacial score (nSPS) is 12.2. The molecule has 0 aliphatic heterocycles. The average Bonchev–Trinajstić information content (AvgIpc) is 2.80. The number of rotatable bonds is 12. The molecule has 0 aromatic heterocycles. The zero-order valence-electron chi connectivity index (χ0n) is 21.0. The summed E-state index contributed by atoms with van der Waals surface area (Å²) in [6.45, 7) is 7.28. The van der Waals surface area contributed by atoms with Crippen LogP contribution in [-0.4, -0.2) is 56.3 Å². The van der Waals surface area contributed by atoms with Gasteiger partial charge in [-0.05, 0) is 37.0 Å². The monoisotopic (exact) mass is 501 g/mol. The number of carbonyl (C=O) groups excluding carboxylic acids is 3. The van der Waals surface area contributed by atoms with Crippen LogP contribution >= 0.6 is 0 Å². The summed E-state index contributed by atoms with van der Waals surface area (Å²) in [6, 6.07) is 14.6. The number of Topliss-reactive ketones (excluding diaryl/α,β-unsaturated/α-hetero) is 1. The Labute approximate surface area is 208 Å². The number of carbonyl (C=O) groups is 3. The molecule has 0 aliphatic carbocycles. The maximum atomic E-state index is 13.6. The van der Waals surface area contributed by atoms with Crippen LogP contribution in [0.5, 0.6) is 0 Å². The van der Waals surface area contributed by atoms with Gasteiger partial charge in [-0.3, -0.25) is 18.7 Å². The van der Waals surface area contributed by atoms with Crippen molar-refractivity contribution in [1.29, 1.82) is 0 Å². The van der Waals surface area contributed by atoms with Crippen molar-refractivity contribution in [3.63, 3.8) is 0 Å². The van der Waals surface area contributed by atoms with Gasteiger partial charge < -0.3 is 10.2 Å². The molecule has 0 aliphatic rings. The number of anilines is 1. The van der Waals surface area contributed by atoms with E-state index in [0.717, 1.165) is 16.1 Å². The van der Waals surface area contributed by atoms with E-state index < -0.39 is 28.5 Å². The fraction of sp³-hybridized carbons (Fsp3) is 0.423. The third kappa shape index (κ3) is 8.20. The summed E-state index contributed by atoms with van der Waals surface area (Å²) >= 11 is 0. The summed E-state index contributed by atoms with van der Waals surface area (Å²) in [7, 11) is -3.86. The number of sulfonamides is 1. The van der Waals surface area contributed by atoms with Gasteiger partial charge >= 0.3 is 0 Å². The van der Waals surface area contributed by atoms with Crippen LogP contribution < -0.4 is 9.62 Å². The lowest BCUT2D eigenvalue weighted by molar-refractivity contribution is -0.140. The topological polar surface area (TPSA) is 104 Å². The number of benzene rings is 2. The summed E-state index contributed by atoms with van der Waals surface area (Å²) < 4.78 is 26.3. The Balaban J connectivity index is 2.43. The number of hydrogen-bond donors (Lipinski definition) is 1. The minimum Gasteiger partial charge on any atom is -0.354 e. The van der Waals surface area contributed by atoms with E-state index in [2.05, 4.69) is 5.32 Å². The second-order valence-corrected chi connectivity index (χ2v) is 10.9. The first-order valence-corrected chi connectivity index (χ1v) is 13.5. The zero-order valence-corrected chi connectivity index (χ0v) is 21.8. The van der Waals surface area contributed by atoms with E-state index in [1.807, 2.05) is 51.1 Å². The van der Waals surface area contributed by atoms with Gasteiger partial charge in [-0.1, -0.05) is 63.2 Å². The summed E-state index contributed by atoms with van der Waals surface area (Å²) in [4.78, 5) is 39.9. The summed E-state index contributed by atoms with van der Waals surface area (Å²) in [5, 5.41) is 2.89. The van der Waals surface area contributed by atoms with Crippen molar-refractivity contribution in [3.05, 3.63) is 65.7 Å². The van der Waals surface area contributed by atoms with Crippen molar-refractivity contribution < 1.29 is 22.8 Å². The van der Waals surface area contributed by atoms with E-state index in [1.165, 1.54) is 24.0 Å². The summed E-state index contributed by atoms with van der Waals surface area (Å²) in [5.41, 5.74) is 1.37. The van der Waals surface area contributed by atoms with Crippen LogP contribution in [0.4, 0.5) is 5.69 Å². The van der Waals surface area contributed by atoms with Crippen LogP contribution in [-0.2, 0) is 26.2 Å². The fourth-order valence-corrected chi connectivity index (χ4v) is 4.46. The van der Waals surface area contributed by atoms with Gasteiger partial charge in [0.15, 0.2) is 5.78 Å². The van der Waals surface area contributed by atoms with Crippen molar-refractivity contribution in [2.45, 2.75) is 46.7 Å². The number of nitrogens with one attached hydrogen (secondary N) is 1. The minimum atomic E-state index is -3.86. The Morgan fingerprint density at radius 2 is 1.66 bits per heavy atom. The van der Waals surface area contributed by atoms with Gasteiger partial charge in [0.05, 0.1) is 11.9 Å². The minimum absolute atomic E-state index is 0.151. The molecule has 1 N–H and O–H groups in total. The van der Waals surface area contributed by atoms with Gasteiger partial charge in [-0.25, -0.2) is 8.42 Å². The first-order chi connectivity index (χ1) is 16.4. The van der Waals surface area contributed by atoms with Crippen molar-refractivity contribution in [3.8, 4) is 0 Å². The molecule has 0 radical (unpaired) electrons. The maximum Gasteiger partial charge on any atom is 0.244 e. The molecule has 190 valence electrons. The first-order valence-electron chi connectivity index (χ1n) is 11.6. The number of nitrogens with zero attached hydrogens (tertiary/aromatic N) is 2. The predicted octanol–water partition coefficient (Wildman–Crippen LogP) is 3.23. The van der Waals surface area contributed by atoms with E-state index in [9.17, 15) is 22.8 Å². The number of amides is 2. The van der Waals surface area contributed by atoms with Gasteiger partial charge in [0.1, 0.15) is 12.6 Å². The molecule has 0 saturated heterocycles. The molecule has 2 amide bonds. The molecule has 0 spiro atoms. The summed E-state index contributed by atoms with van der Waals surface area (Å²) in [6.07, 6.45) is 1.37. The Bertz CT molecular complexity index is 1130. The van der Waals surface area contributed by atoms with E-state index in [-0.39, 0.29) is 29.8 Å².